The summed E-state index contributed by atoms with van der Waals surface area (Å²) in [5.41, 5.74) is 5.24. The average Bonchev–Trinajstić information content (AvgIpc) is 2.54. The van der Waals surface area contributed by atoms with Crippen LogP contribution in [0.5, 0.6) is 0 Å². The van der Waals surface area contributed by atoms with Crippen LogP contribution in [0.25, 0.3) is 0 Å². The second kappa shape index (κ2) is 9.68. The number of hydrogen-bond donors (Lipinski definition) is 3. The second-order valence-corrected chi connectivity index (χ2v) is 7.87. The molecule has 8 heteroatoms. The van der Waals surface area contributed by atoms with Crippen molar-refractivity contribution in [3.8, 4) is 0 Å². The SMILES string of the molecule is CC(C)(C)OC(=O)NCCN1CCN(C2CN(CCN)CCN2)CC1. The maximum atomic E-state index is 11.7. The van der Waals surface area contributed by atoms with Crippen molar-refractivity contribution < 1.29 is 9.53 Å². The van der Waals surface area contributed by atoms with Crippen molar-refractivity contribution in [1.29, 1.82) is 0 Å². The first-order valence-corrected chi connectivity index (χ1v) is 9.46. The summed E-state index contributed by atoms with van der Waals surface area (Å²) in [6.07, 6.45) is 0.0971. The van der Waals surface area contributed by atoms with E-state index < -0.39 is 5.60 Å². The van der Waals surface area contributed by atoms with Gasteiger partial charge in [-0.2, -0.15) is 0 Å². The zero-order valence-corrected chi connectivity index (χ0v) is 16.1. The Labute approximate surface area is 152 Å². The summed E-state index contributed by atoms with van der Waals surface area (Å²) in [5.74, 6) is 0. The molecule has 4 N–H and O–H groups in total. The van der Waals surface area contributed by atoms with Gasteiger partial charge in [-0.15, -0.1) is 0 Å². The van der Waals surface area contributed by atoms with Crippen LogP contribution in [-0.2, 0) is 4.74 Å². The van der Waals surface area contributed by atoms with E-state index in [-0.39, 0.29) is 6.09 Å². The van der Waals surface area contributed by atoms with Gasteiger partial charge in [0.25, 0.3) is 0 Å². The molecule has 2 fully saturated rings. The predicted molar refractivity (Wildman–Crippen MR) is 99.5 cm³/mol. The van der Waals surface area contributed by atoms with Crippen LogP contribution in [0, 0.1) is 0 Å². The molecule has 2 heterocycles. The van der Waals surface area contributed by atoms with E-state index in [0.29, 0.717) is 12.7 Å². The van der Waals surface area contributed by atoms with Gasteiger partial charge >= 0.3 is 6.09 Å². The monoisotopic (exact) mass is 356 g/mol. The van der Waals surface area contributed by atoms with Crippen LogP contribution in [0.3, 0.4) is 0 Å². The fourth-order valence-electron chi connectivity index (χ4n) is 3.35. The lowest BCUT2D eigenvalue weighted by Crippen LogP contribution is -2.62. The van der Waals surface area contributed by atoms with Gasteiger partial charge in [0.2, 0.25) is 0 Å². The predicted octanol–water partition coefficient (Wildman–Crippen LogP) is -0.681. The van der Waals surface area contributed by atoms with E-state index in [9.17, 15) is 4.79 Å². The number of carbonyl (C=O) groups is 1. The number of carbonyl (C=O) groups excluding carboxylic acids is 1. The Morgan fingerprint density at radius 1 is 1.16 bits per heavy atom. The number of alkyl carbamates (subject to hydrolysis) is 1. The van der Waals surface area contributed by atoms with E-state index in [4.69, 9.17) is 10.5 Å². The van der Waals surface area contributed by atoms with Gasteiger partial charge in [-0.25, -0.2) is 4.79 Å². The highest BCUT2D eigenvalue weighted by atomic mass is 16.6. The quantitative estimate of drug-likeness (QED) is 0.581. The molecule has 1 unspecified atom stereocenters. The van der Waals surface area contributed by atoms with Gasteiger partial charge in [-0.3, -0.25) is 20.0 Å². The fraction of sp³-hybridized carbons (Fsp3) is 0.941. The van der Waals surface area contributed by atoms with E-state index in [1.807, 2.05) is 20.8 Å². The molecule has 2 saturated heterocycles. The Balaban J connectivity index is 1.62. The molecule has 0 bridgehead atoms. The largest absolute Gasteiger partial charge is 0.444 e. The summed E-state index contributed by atoms with van der Waals surface area (Å²) in [5, 5.41) is 6.46. The van der Waals surface area contributed by atoms with Gasteiger partial charge in [-0.05, 0) is 20.8 Å². The number of nitrogens with two attached hydrogens (primary N) is 1. The maximum absolute atomic E-state index is 11.7. The first kappa shape index (κ1) is 20.4. The van der Waals surface area contributed by atoms with Crippen molar-refractivity contribution in [2.45, 2.75) is 32.5 Å². The summed E-state index contributed by atoms with van der Waals surface area (Å²) in [6.45, 7) is 16.2. The third kappa shape index (κ3) is 7.45. The van der Waals surface area contributed by atoms with Gasteiger partial charge in [0.05, 0.1) is 6.17 Å². The minimum absolute atomic E-state index is 0.336. The Morgan fingerprint density at radius 3 is 2.52 bits per heavy atom. The molecule has 0 aromatic heterocycles. The number of nitrogens with one attached hydrogen (secondary N) is 2. The molecular weight excluding hydrogens is 320 g/mol. The van der Waals surface area contributed by atoms with E-state index in [0.717, 1.165) is 65.4 Å². The van der Waals surface area contributed by atoms with Crippen LogP contribution in [0.1, 0.15) is 20.8 Å². The van der Waals surface area contributed by atoms with Crippen molar-refractivity contribution in [2.24, 2.45) is 5.73 Å². The smallest absolute Gasteiger partial charge is 0.407 e. The normalized spacial score (nSPS) is 24.2. The third-order valence-corrected chi connectivity index (χ3v) is 4.63. The molecule has 1 atom stereocenters. The highest BCUT2D eigenvalue weighted by Crippen LogP contribution is 2.09. The van der Waals surface area contributed by atoms with Gasteiger partial charge in [0, 0.05) is 72.0 Å². The molecule has 0 aliphatic carbocycles. The molecule has 146 valence electrons. The van der Waals surface area contributed by atoms with Gasteiger partial charge in [0.15, 0.2) is 0 Å². The number of rotatable bonds is 6. The molecule has 2 rings (SSSR count). The van der Waals surface area contributed by atoms with Gasteiger partial charge < -0.3 is 15.8 Å². The molecule has 0 aromatic carbocycles. The van der Waals surface area contributed by atoms with Crippen LogP contribution in [0.15, 0.2) is 0 Å². The zero-order valence-electron chi connectivity index (χ0n) is 16.1. The van der Waals surface area contributed by atoms with E-state index in [1.54, 1.807) is 0 Å². The van der Waals surface area contributed by atoms with Crippen molar-refractivity contribution in [3.05, 3.63) is 0 Å². The van der Waals surface area contributed by atoms with Crippen LogP contribution < -0.4 is 16.4 Å². The van der Waals surface area contributed by atoms with Crippen LogP contribution >= 0.6 is 0 Å². The topological polar surface area (TPSA) is 86.1 Å². The summed E-state index contributed by atoms with van der Waals surface area (Å²) in [7, 11) is 0. The Kier molecular flexibility index (Phi) is 7.89. The standard InChI is InChI=1S/C17H36N6O2/c1-17(2,3)25-16(24)20-6-8-21-10-12-23(13-11-21)15-14-22(7-4-18)9-5-19-15/h15,19H,4-14,18H2,1-3H3,(H,20,24). The minimum atomic E-state index is -0.444. The Bertz CT molecular complexity index is 404. The minimum Gasteiger partial charge on any atom is -0.444 e. The molecule has 25 heavy (non-hydrogen) atoms. The lowest BCUT2D eigenvalue weighted by molar-refractivity contribution is 0.0402. The fourth-order valence-corrected chi connectivity index (χ4v) is 3.35. The highest BCUT2D eigenvalue weighted by Gasteiger charge is 2.27. The lowest BCUT2D eigenvalue weighted by atomic mass is 10.2. The lowest BCUT2D eigenvalue weighted by Gasteiger charge is -2.43. The van der Waals surface area contributed by atoms with E-state index in [1.165, 1.54) is 0 Å². The first-order valence-electron chi connectivity index (χ1n) is 9.46. The van der Waals surface area contributed by atoms with Crippen LogP contribution in [0.2, 0.25) is 0 Å². The maximum Gasteiger partial charge on any atom is 0.407 e. The summed E-state index contributed by atoms with van der Waals surface area (Å²) >= 11 is 0. The zero-order chi connectivity index (χ0) is 18.3. The van der Waals surface area contributed by atoms with Crippen molar-refractivity contribution in [3.63, 3.8) is 0 Å². The van der Waals surface area contributed by atoms with Gasteiger partial charge in [0.1, 0.15) is 5.60 Å². The number of ether oxygens (including phenoxy) is 1. The Hall–Kier alpha value is -0.930. The number of amides is 1. The summed E-state index contributed by atoms with van der Waals surface area (Å²) < 4.78 is 5.25. The summed E-state index contributed by atoms with van der Waals surface area (Å²) in [4.78, 5) is 19.0. The summed E-state index contributed by atoms with van der Waals surface area (Å²) in [6, 6.07) is 0. The van der Waals surface area contributed by atoms with Gasteiger partial charge in [-0.1, -0.05) is 0 Å². The van der Waals surface area contributed by atoms with Crippen molar-refractivity contribution >= 4 is 6.09 Å². The first-order chi connectivity index (χ1) is 11.9. The molecule has 2 aliphatic heterocycles. The van der Waals surface area contributed by atoms with Crippen LogP contribution in [0.4, 0.5) is 4.79 Å². The average molecular weight is 357 g/mol. The Morgan fingerprint density at radius 2 is 1.88 bits per heavy atom. The van der Waals surface area contributed by atoms with E-state index in [2.05, 4.69) is 25.3 Å². The molecule has 0 radical (unpaired) electrons. The molecule has 0 spiro atoms. The third-order valence-electron chi connectivity index (χ3n) is 4.63. The molecule has 0 aromatic rings. The molecule has 8 nitrogen and oxygen atoms in total. The van der Waals surface area contributed by atoms with E-state index >= 15 is 0 Å². The number of nitrogens with zero attached hydrogens (tertiary/aromatic N) is 3. The molecule has 1 amide bonds. The number of piperazine rings is 2. The molecular formula is C17H36N6O2. The number of hydrogen-bond acceptors (Lipinski definition) is 7. The van der Waals surface area contributed by atoms with Crippen molar-refractivity contribution in [2.75, 3.05) is 72.0 Å². The van der Waals surface area contributed by atoms with Crippen molar-refractivity contribution in [1.82, 2.24) is 25.3 Å². The molecule has 0 saturated carbocycles. The second-order valence-electron chi connectivity index (χ2n) is 7.87. The molecule has 2 aliphatic rings. The highest BCUT2D eigenvalue weighted by molar-refractivity contribution is 5.67. The van der Waals surface area contributed by atoms with Crippen LogP contribution in [-0.4, -0.2) is 105 Å².